The molecule has 1 aliphatic rings. The smallest absolute Gasteiger partial charge is 0.243 e. The van der Waals surface area contributed by atoms with Gasteiger partial charge in [-0.05, 0) is 55.0 Å². The van der Waals surface area contributed by atoms with Gasteiger partial charge >= 0.3 is 0 Å². The van der Waals surface area contributed by atoms with Gasteiger partial charge in [-0.3, -0.25) is 9.59 Å². The van der Waals surface area contributed by atoms with E-state index in [1.54, 1.807) is 12.0 Å². The van der Waals surface area contributed by atoms with E-state index in [1.165, 1.54) is 0 Å². The molecular formula is C26H34N2O3. The summed E-state index contributed by atoms with van der Waals surface area (Å²) in [6.45, 7) is 4.36. The minimum Gasteiger partial charge on any atom is -0.497 e. The van der Waals surface area contributed by atoms with Crippen molar-refractivity contribution in [3.8, 4) is 5.75 Å². The molecule has 0 radical (unpaired) electrons. The van der Waals surface area contributed by atoms with Crippen molar-refractivity contribution in [1.29, 1.82) is 0 Å². The second-order valence-electron chi connectivity index (χ2n) is 8.39. The Balaban J connectivity index is 1.84. The molecule has 1 N–H and O–H groups in total. The number of ether oxygens (including phenoxy) is 1. The molecule has 0 spiro atoms. The van der Waals surface area contributed by atoms with Gasteiger partial charge in [-0.25, -0.2) is 0 Å². The van der Waals surface area contributed by atoms with Crippen molar-refractivity contribution in [2.45, 2.75) is 71.0 Å². The third-order valence-corrected chi connectivity index (χ3v) is 6.18. The normalized spacial score (nSPS) is 14.8. The van der Waals surface area contributed by atoms with E-state index in [4.69, 9.17) is 4.74 Å². The van der Waals surface area contributed by atoms with E-state index in [0.717, 1.165) is 48.1 Å². The van der Waals surface area contributed by atoms with E-state index in [-0.39, 0.29) is 24.3 Å². The molecule has 0 heterocycles. The SMILES string of the molecule is CC[C@H](C(=O)NC1CCCC1)N(Cc1cccc(OC)c1)C(=O)Cc1ccccc1C. The van der Waals surface area contributed by atoms with Crippen molar-refractivity contribution in [1.82, 2.24) is 10.2 Å². The number of carbonyl (C=O) groups is 2. The Morgan fingerprint density at radius 1 is 1.13 bits per heavy atom. The molecule has 166 valence electrons. The lowest BCUT2D eigenvalue weighted by atomic mass is 10.0. The molecule has 2 amide bonds. The first-order valence-corrected chi connectivity index (χ1v) is 11.3. The average molecular weight is 423 g/mol. The highest BCUT2D eigenvalue weighted by molar-refractivity contribution is 5.88. The molecule has 5 heteroatoms. The molecule has 5 nitrogen and oxygen atoms in total. The van der Waals surface area contributed by atoms with Crippen LogP contribution in [0, 0.1) is 6.92 Å². The van der Waals surface area contributed by atoms with E-state index >= 15 is 0 Å². The highest BCUT2D eigenvalue weighted by atomic mass is 16.5. The van der Waals surface area contributed by atoms with Crippen LogP contribution in [0.1, 0.15) is 55.7 Å². The van der Waals surface area contributed by atoms with Crippen LogP contribution in [0.4, 0.5) is 0 Å². The maximum absolute atomic E-state index is 13.5. The summed E-state index contributed by atoms with van der Waals surface area (Å²) < 4.78 is 5.35. The minimum atomic E-state index is -0.497. The second-order valence-corrected chi connectivity index (χ2v) is 8.39. The number of benzene rings is 2. The molecule has 1 atom stereocenters. The van der Waals surface area contributed by atoms with Gasteiger partial charge < -0.3 is 15.0 Å². The number of amides is 2. The molecule has 1 saturated carbocycles. The molecule has 0 saturated heterocycles. The van der Waals surface area contributed by atoms with Gasteiger partial charge in [0.25, 0.3) is 0 Å². The van der Waals surface area contributed by atoms with Crippen LogP contribution in [0.5, 0.6) is 5.75 Å². The molecule has 31 heavy (non-hydrogen) atoms. The van der Waals surface area contributed by atoms with Crippen molar-refractivity contribution in [2.24, 2.45) is 0 Å². The Morgan fingerprint density at radius 2 is 1.87 bits per heavy atom. The van der Waals surface area contributed by atoms with Crippen LogP contribution in [-0.4, -0.2) is 35.9 Å². The lowest BCUT2D eigenvalue weighted by Crippen LogP contribution is -2.51. The lowest BCUT2D eigenvalue weighted by molar-refractivity contribution is -0.141. The van der Waals surface area contributed by atoms with Crippen molar-refractivity contribution < 1.29 is 14.3 Å². The van der Waals surface area contributed by atoms with Crippen molar-refractivity contribution in [3.63, 3.8) is 0 Å². The van der Waals surface area contributed by atoms with Crippen molar-refractivity contribution >= 4 is 11.8 Å². The summed E-state index contributed by atoms with van der Waals surface area (Å²) in [6.07, 6.45) is 5.21. The molecule has 1 fully saturated rings. The van der Waals surface area contributed by atoms with Gasteiger partial charge in [-0.1, -0.05) is 56.2 Å². The van der Waals surface area contributed by atoms with E-state index in [0.29, 0.717) is 13.0 Å². The van der Waals surface area contributed by atoms with Gasteiger partial charge in [0.05, 0.1) is 13.5 Å². The number of nitrogens with one attached hydrogen (secondary N) is 1. The number of carbonyl (C=O) groups excluding carboxylic acids is 2. The maximum atomic E-state index is 13.5. The number of hydrogen-bond acceptors (Lipinski definition) is 3. The van der Waals surface area contributed by atoms with Crippen molar-refractivity contribution in [2.75, 3.05) is 7.11 Å². The summed E-state index contributed by atoms with van der Waals surface area (Å²) in [6, 6.07) is 15.3. The molecule has 0 aliphatic heterocycles. The van der Waals surface area contributed by atoms with E-state index in [9.17, 15) is 9.59 Å². The molecule has 0 unspecified atom stereocenters. The lowest BCUT2D eigenvalue weighted by Gasteiger charge is -2.32. The summed E-state index contributed by atoms with van der Waals surface area (Å²) >= 11 is 0. The Morgan fingerprint density at radius 3 is 2.55 bits per heavy atom. The first-order chi connectivity index (χ1) is 15.0. The van der Waals surface area contributed by atoms with Crippen LogP contribution in [0.25, 0.3) is 0 Å². The Kier molecular flexibility index (Phi) is 8.10. The third-order valence-electron chi connectivity index (χ3n) is 6.18. The first-order valence-electron chi connectivity index (χ1n) is 11.3. The number of hydrogen-bond donors (Lipinski definition) is 1. The number of methoxy groups -OCH3 is 1. The molecule has 2 aromatic rings. The summed E-state index contributed by atoms with van der Waals surface area (Å²) in [7, 11) is 1.63. The van der Waals surface area contributed by atoms with Crippen LogP contribution in [0.15, 0.2) is 48.5 Å². The Labute approximate surface area is 185 Å². The highest BCUT2D eigenvalue weighted by Crippen LogP contribution is 2.21. The zero-order valence-electron chi connectivity index (χ0n) is 18.9. The standard InChI is InChI=1S/C26H34N2O3/c1-4-24(26(30)27-22-13-7-8-14-22)28(18-20-11-9-15-23(16-20)31-3)25(29)17-21-12-6-5-10-19(21)2/h5-6,9-12,15-16,22,24H,4,7-8,13-14,17-18H2,1-3H3,(H,27,30)/t24-/m1/s1. The first kappa shape index (κ1) is 22.9. The Bertz CT molecular complexity index is 890. The molecule has 3 rings (SSSR count). The number of aryl methyl sites for hydroxylation is 1. The summed E-state index contributed by atoms with van der Waals surface area (Å²) in [4.78, 5) is 28.4. The number of nitrogens with zero attached hydrogens (tertiary/aromatic N) is 1. The van der Waals surface area contributed by atoms with Gasteiger partial charge in [-0.2, -0.15) is 0 Å². The van der Waals surface area contributed by atoms with Crippen LogP contribution in [-0.2, 0) is 22.6 Å². The quantitative estimate of drug-likeness (QED) is 0.651. The fourth-order valence-corrected chi connectivity index (χ4v) is 4.33. The summed E-state index contributed by atoms with van der Waals surface area (Å²) in [5.41, 5.74) is 3.03. The fraction of sp³-hybridized carbons (Fsp3) is 0.462. The zero-order valence-corrected chi connectivity index (χ0v) is 18.9. The Hall–Kier alpha value is -2.82. The van der Waals surface area contributed by atoms with Crippen LogP contribution in [0.3, 0.4) is 0 Å². The van der Waals surface area contributed by atoms with Crippen LogP contribution in [0.2, 0.25) is 0 Å². The average Bonchev–Trinajstić information content (AvgIpc) is 3.28. The van der Waals surface area contributed by atoms with Gasteiger partial charge in [0.1, 0.15) is 11.8 Å². The predicted octanol–water partition coefficient (Wildman–Crippen LogP) is 4.41. The fourth-order valence-electron chi connectivity index (χ4n) is 4.33. The zero-order chi connectivity index (χ0) is 22.2. The van der Waals surface area contributed by atoms with E-state index in [1.807, 2.05) is 62.4 Å². The van der Waals surface area contributed by atoms with E-state index in [2.05, 4.69) is 5.32 Å². The second kappa shape index (κ2) is 11.0. The summed E-state index contributed by atoms with van der Waals surface area (Å²) in [5, 5.41) is 3.19. The molecule has 1 aliphatic carbocycles. The number of rotatable bonds is 9. The van der Waals surface area contributed by atoms with Gasteiger partial charge in [0.2, 0.25) is 11.8 Å². The summed E-state index contributed by atoms with van der Waals surface area (Å²) in [5.74, 6) is 0.660. The highest BCUT2D eigenvalue weighted by Gasteiger charge is 2.30. The van der Waals surface area contributed by atoms with Crippen molar-refractivity contribution in [3.05, 3.63) is 65.2 Å². The van der Waals surface area contributed by atoms with Gasteiger partial charge in [-0.15, -0.1) is 0 Å². The molecule has 0 bridgehead atoms. The van der Waals surface area contributed by atoms with Gasteiger partial charge in [0, 0.05) is 12.6 Å². The van der Waals surface area contributed by atoms with Crippen LogP contribution >= 0.6 is 0 Å². The largest absolute Gasteiger partial charge is 0.497 e. The van der Waals surface area contributed by atoms with Crippen LogP contribution < -0.4 is 10.1 Å². The molecule has 2 aromatic carbocycles. The maximum Gasteiger partial charge on any atom is 0.243 e. The molecular weight excluding hydrogens is 388 g/mol. The monoisotopic (exact) mass is 422 g/mol. The van der Waals surface area contributed by atoms with Gasteiger partial charge in [0.15, 0.2) is 0 Å². The van der Waals surface area contributed by atoms with E-state index < -0.39 is 6.04 Å². The predicted molar refractivity (Wildman–Crippen MR) is 123 cm³/mol. The topological polar surface area (TPSA) is 58.6 Å². The molecule has 0 aromatic heterocycles. The minimum absolute atomic E-state index is 0.0365. The third kappa shape index (κ3) is 6.09.